The Morgan fingerprint density at radius 2 is 2.06 bits per heavy atom. The first-order valence-electron chi connectivity index (χ1n) is 6.48. The average molecular weight is 241 g/mol. The lowest BCUT2D eigenvalue weighted by atomic mass is 9.95. The van der Waals surface area contributed by atoms with Gasteiger partial charge >= 0.3 is 5.97 Å². The Kier molecular flexibility index (Phi) is 5.45. The van der Waals surface area contributed by atoms with Crippen LogP contribution in [0.5, 0.6) is 0 Å². The molecular formula is C13H23NO3. The molecule has 0 saturated carbocycles. The van der Waals surface area contributed by atoms with Gasteiger partial charge in [0, 0.05) is 19.5 Å². The van der Waals surface area contributed by atoms with Crippen molar-refractivity contribution in [1.82, 2.24) is 4.90 Å². The number of hydrogen-bond acceptors (Lipinski definition) is 3. The molecule has 1 heterocycles. The van der Waals surface area contributed by atoms with Gasteiger partial charge in [-0.25, -0.2) is 0 Å². The third-order valence-corrected chi connectivity index (χ3v) is 3.37. The second-order valence-electron chi connectivity index (χ2n) is 4.94. The summed E-state index contributed by atoms with van der Waals surface area (Å²) in [6, 6.07) is 0. The van der Waals surface area contributed by atoms with Gasteiger partial charge in [0.2, 0.25) is 5.91 Å². The van der Waals surface area contributed by atoms with Crippen molar-refractivity contribution in [3.05, 3.63) is 0 Å². The Balaban J connectivity index is 2.27. The summed E-state index contributed by atoms with van der Waals surface area (Å²) in [6.07, 6.45) is 1.57. The van der Waals surface area contributed by atoms with E-state index < -0.39 is 0 Å². The fourth-order valence-electron chi connectivity index (χ4n) is 2.16. The lowest BCUT2D eigenvalue weighted by Crippen LogP contribution is -2.29. The predicted molar refractivity (Wildman–Crippen MR) is 65.4 cm³/mol. The van der Waals surface area contributed by atoms with E-state index in [0.29, 0.717) is 18.4 Å². The highest BCUT2D eigenvalue weighted by Gasteiger charge is 2.27. The van der Waals surface area contributed by atoms with Crippen LogP contribution in [0.15, 0.2) is 0 Å². The van der Waals surface area contributed by atoms with Crippen LogP contribution in [0.1, 0.15) is 40.0 Å². The summed E-state index contributed by atoms with van der Waals surface area (Å²) in [5.41, 5.74) is 0. The number of amides is 1. The van der Waals surface area contributed by atoms with Gasteiger partial charge in [-0.05, 0) is 25.2 Å². The number of carbonyl (C=O) groups is 2. The molecule has 98 valence electrons. The van der Waals surface area contributed by atoms with Crippen molar-refractivity contribution in [2.45, 2.75) is 40.0 Å². The van der Waals surface area contributed by atoms with Crippen molar-refractivity contribution in [2.75, 3.05) is 19.7 Å². The van der Waals surface area contributed by atoms with Gasteiger partial charge in [0.1, 0.15) is 0 Å². The van der Waals surface area contributed by atoms with Gasteiger partial charge in [0.15, 0.2) is 0 Å². The van der Waals surface area contributed by atoms with Crippen LogP contribution in [0.2, 0.25) is 0 Å². The smallest absolute Gasteiger partial charge is 0.306 e. The molecule has 1 unspecified atom stereocenters. The highest BCUT2D eigenvalue weighted by Crippen LogP contribution is 2.24. The maximum atomic E-state index is 11.8. The molecule has 17 heavy (non-hydrogen) atoms. The first-order chi connectivity index (χ1) is 8.04. The van der Waals surface area contributed by atoms with Gasteiger partial charge in [-0.15, -0.1) is 0 Å². The first-order valence-corrected chi connectivity index (χ1v) is 6.48. The zero-order chi connectivity index (χ0) is 12.8. The Morgan fingerprint density at radius 1 is 1.35 bits per heavy atom. The molecule has 4 heteroatoms. The van der Waals surface area contributed by atoms with Crippen LogP contribution >= 0.6 is 0 Å². The van der Waals surface area contributed by atoms with Crippen molar-refractivity contribution in [3.63, 3.8) is 0 Å². The Labute approximate surface area is 103 Å². The van der Waals surface area contributed by atoms with Crippen molar-refractivity contribution >= 4 is 11.9 Å². The summed E-state index contributed by atoms with van der Waals surface area (Å²) in [7, 11) is 0. The minimum atomic E-state index is -0.277. The van der Waals surface area contributed by atoms with Crippen LogP contribution in [0.3, 0.4) is 0 Å². The van der Waals surface area contributed by atoms with Gasteiger partial charge in [-0.1, -0.05) is 13.8 Å². The quantitative estimate of drug-likeness (QED) is 0.690. The monoisotopic (exact) mass is 241 g/mol. The average Bonchev–Trinajstić information content (AvgIpc) is 2.75. The number of carbonyl (C=O) groups excluding carboxylic acids is 2. The minimum Gasteiger partial charge on any atom is -0.466 e. The van der Waals surface area contributed by atoms with E-state index in [1.54, 1.807) is 6.92 Å². The van der Waals surface area contributed by atoms with Crippen LogP contribution in [0.25, 0.3) is 0 Å². The maximum Gasteiger partial charge on any atom is 0.306 e. The van der Waals surface area contributed by atoms with Crippen LogP contribution in [-0.4, -0.2) is 36.5 Å². The summed E-state index contributed by atoms with van der Waals surface area (Å²) < 4.78 is 4.80. The number of esters is 1. The molecule has 1 amide bonds. The normalized spacial score (nSPS) is 19.8. The standard InChI is InChI=1S/C13H23NO3/c1-4-17-13(16)6-5-12(15)14-8-7-11(9-14)10(2)3/h10-11H,4-9H2,1-3H3. The zero-order valence-electron chi connectivity index (χ0n) is 11.1. The molecule has 1 atom stereocenters. The Hall–Kier alpha value is -1.06. The van der Waals surface area contributed by atoms with E-state index in [-0.39, 0.29) is 24.7 Å². The zero-order valence-corrected chi connectivity index (χ0v) is 11.1. The number of ether oxygens (including phenoxy) is 1. The summed E-state index contributed by atoms with van der Waals surface area (Å²) in [5.74, 6) is 1.04. The molecule has 0 aromatic heterocycles. The van der Waals surface area contributed by atoms with Crippen molar-refractivity contribution in [1.29, 1.82) is 0 Å². The highest BCUT2D eigenvalue weighted by molar-refractivity contribution is 5.81. The molecule has 1 rings (SSSR count). The first kappa shape index (κ1) is 14.0. The van der Waals surface area contributed by atoms with Gasteiger partial charge in [0.25, 0.3) is 0 Å². The van der Waals surface area contributed by atoms with Crippen LogP contribution in [0, 0.1) is 11.8 Å². The van der Waals surface area contributed by atoms with Gasteiger partial charge in [-0.3, -0.25) is 9.59 Å². The summed E-state index contributed by atoms with van der Waals surface area (Å²) in [5, 5.41) is 0. The number of hydrogen-bond donors (Lipinski definition) is 0. The molecule has 1 saturated heterocycles. The topological polar surface area (TPSA) is 46.6 Å². The fraction of sp³-hybridized carbons (Fsp3) is 0.846. The van der Waals surface area contributed by atoms with E-state index in [0.717, 1.165) is 19.5 Å². The van der Waals surface area contributed by atoms with Gasteiger partial charge in [-0.2, -0.15) is 0 Å². The predicted octanol–water partition coefficient (Wildman–Crippen LogP) is 1.83. The largest absolute Gasteiger partial charge is 0.466 e. The van der Waals surface area contributed by atoms with Crippen molar-refractivity contribution in [3.8, 4) is 0 Å². The van der Waals surface area contributed by atoms with E-state index in [1.807, 2.05) is 4.90 Å². The van der Waals surface area contributed by atoms with E-state index in [4.69, 9.17) is 4.74 Å². The highest BCUT2D eigenvalue weighted by atomic mass is 16.5. The fourth-order valence-corrected chi connectivity index (χ4v) is 2.16. The number of nitrogens with zero attached hydrogens (tertiary/aromatic N) is 1. The molecule has 0 N–H and O–H groups in total. The number of likely N-dealkylation sites (tertiary alicyclic amines) is 1. The molecule has 1 fully saturated rings. The van der Waals surface area contributed by atoms with Gasteiger partial charge < -0.3 is 9.64 Å². The van der Waals surface area contributed by atoms with E-state index in [1.165, 1.54) is 0 Å². The van der Waals surface area contributed by atoms with E-state index >= 15 is 0 Å². The molecular weight excluding hydrogens is 218 g/mol. The molecule has 0 aromatic rings. The van der Waals surface area contributed by atoms with Crippen molar-refractivity contribution in [2.24, 2.45) is 11.8 Å². The summed E-state index contributed by atoms with van der Waals surface area (Å²) in [6.45, 7) is 8.22. The van der Waals surface area contributed by atoms with E-state index in [9.17, 15) is 9.59 Å². The van der Waals surface area contributed by atoms with Crippen LogP contribution in [0.4, 0.5) is 0 Å². The number of rotatable bonds is 5. The molecule has 0 aromatic carbocycles. The molecule has 1 aliphatic rings. The lowest BCUT2D eigenvalue weighted by molar-refractivity contribution is -0.145. The van der Waals surface area contributed by atoms with Gasteiger partial charge in [0.05, 0.1) is 13.0 Å². The molecule has 0 radical (unpaired) electrons. The van der Waals surface area contributed by atoms with Crippen molar-refractivity contribution < 1.29 is 14.3 Å². The molecule has 1 aliphatic heterocycles. The molecule has 0 aliphatic carbocycles. The van der Waals surface area contributed by atoms with E-state index in [2.05, 4.69) is 13.8 Å². The van der Waals surface area contributed by atoms with Crippen LogP contribution in [-0.2, 0) is 14.3 Å². The maximum absolute atomic E-state index is 11.8. The van der Waals surface area contributed by atoms with Crippen LogP contribution < -0.4 is 0 Å². The third-order valence-electron chi connectivity index (χ3n) is 3.37. The SMILES string of the molecule is CCOC(=O)CCC(=O)N1CCC(C(C)C)C1. The molecule has 4 nitrogen and oxygen atoms in total. The summed E-state index contributed by atoms with van der Waals surface area (Å²) in [4.78, 5) is 24.9. The Morgan fingerprint density at radius 3 is 2.59 bits per heavy atom. The summed E-state index contributed by atoms with van der Waals surface area (Å²) >= 11 is 0. The second kappa shape index (κ2) is 6.62. The lowest BCUT2D eigenvalue weighted by Gasteiger charge is -2.17. The molecule has 0 spiro atoms. The Bertz CT molecular complexity index is 276. The third kappa shape index (κ3) is 4.36. The minimum absolute atomic E-state index is 0.0844. The molecule has 0 bridgehead atoms. The second-order valence-corrected chi connectivity index (χ2v) is 4.94.